The Morgan fingerprint density at radius 1 is 1.26 bits per heavy atom. The number of benzene rings is 1. The van der Waals surface area contributed by atoms with E-state index in [9.17, 15) is 9.59 Å². The van der Waals surface area contributed by atoms with Gasteiger partial charge in [-0.05, 0) is 24.3 Å². The fourth-order valence-electron chi connectivity index (χ4n) is 1.74. The van der Waals surface area contributed by atoms with Gasteiger partial charge in [0.1, 0.15) is 11.6 Å². The summed E-state index contributed by atoms with van der Waals surface area (Å²) < 4.78 is 0. The predicted octanol–water partition coefficient (Wildman–Crippen LogP) is 1.68. The van der Waals surface area contributed by atoms with E-state index >= 15 is 0 Å². The van der Waals surface area contributed by atoms with Gasteiger partial charge in [0, 0.05) is 30.3 Å². The molecule has 1 aromatic rings. The molecule has 2 amide bonds. The topological polar surface area (TPSA) is 106 Å². The first-order valence-corrected chi connectivity index (χ1v) is 7.80. The van der Waals surface area contributed by atoms with Gasteiger partial charge in [-0.3, -0.25) is 14.6 Å². The first-order chi connectivity index (χ1) is 11.1. The number of anilines is 2. The summed E-state index contributed by atoms with van der Waals surface area (Å²) in [5, 5.41) is 17.9. The van der Waals surface area contributed by atoms with Gasteiger partial charge < -0.3 is 16.0 Å². The van der Waals surface area contributed by atoms with Gasteiger partial charge in [-0.15, -0.1) is 0 Å². The average molecular weight is 329 g/mol. The second-order valence-electron chi connectivity index (χ2n) is 4.56. The summed E-state index contributed by atoms with van der Waals surface area (Å²) in [7, 11) is 0. The number of nitrogens with zero attached hydrogens (tertiary/aromatic N) is 2. The molecule has 0 aliphatic carbocycles. The number of hydrogen-bond donors (Lipinski definition) is 3. The Kier molecular flexibility index (Phi) is 5.77. The SMILES string of the molecule is CC(=O)Nc1ccc(NC(=O)/C(C#N)=C\NC2=NCCS2)cc1. The van der Waals surface area contributed by atoms with Gasteiger partial charge in [0.25, 0.3) is 5.91 Å². The summed E-state index contributed by atoms with van der Waals surface area (Å²) in [6.07, 6.45) is 1.35. The van der Waals surface area contributed by atoms with E-state index in [1.165, 1.54) is 24.9 Å². The molecule has 0 saturated heterocycles. The quantitative estimate of drug-likeness (QED) is 0.575. The Morgan fingerprint density at radius 3 is 2.43 bits per heavy atom. The molecular formula is C15H15N5O2S. The number of carbonyl (C=O) groups excluding carboxylic acids is 2. The Morgan fingerprint density at radius 2 is 1.91 bits per heavy atom. The van der Waals surface area contributed by atoms with Crippen LogP contribution < -0.4 is 16.0 Å². The van der Waals surface area contributed by atoms with Crippen molar-refractivity contribution in [3.63, 3.8) is 0 Å². The lowest BCUT2D eigenvalue weighted by atomic mass is 10.2. The molecule has 0 radical (unpaired) electrons. The Bertz CT molecular complexity index is 704. The summed E-state index contributed by atoms with van der Waals surface area (Å²) in [6, 6.07) is 8.45. The number of amidine groups is 1. The molecule has 1 aliphatic rings. The zero-order chi connectivity index (χ0) is 16.7. The molecule has 0 unspecified atom stereocenters. The molecule has 1 heterocycles. The van der Waals surface area contributed by atoms with Gasteiger partial charge in [0.15, 0.2) is 5.17 Å². The van der Waals surface area contributed by atoms with Gasteiger partial charge in [-0.1, -0.05) is 11.8 Å². The van der Waals surface area contributed by atoms with Crippen molar-refractivity contribution in [1.82, 2.24) is 5.32 Å². The minimum absolute atomic E-state index is 0.0499. The summed E-state index contributed by atoms with van der Waals surface area (Å²) in [4.78, 5) is 27.2. The lowest BCUT2D eigenvalue weighted by Crippen LogP contribution is -2.18. The van der Waals surface area contributed by atoms with E-state index in [0.717, 1.165) is 12.3 Å². The number of hydrogen-bond acceptors (Lipinski definition) is 6. The van der Waals surface area contributed by atoms with E-state index in [-0.39, 0.29) is 11.5 Å². The van der Waals surface area contributed by atoms with Crippen LogP contribution in [0.4, 0.5) is 11.4 Å². The van der Waals surface area contributed by atoms with Crippen LogP contribution >= 0.6 is 11.8 Å². The van der Waals surface area contributed by atoms with E-state index in [4.69, 9.17) is 5.26 Å². The standard InChI is InChI=1S/C15H15N5O2S/c1-10(21)19-12-2-4-13(5-3-12)20-14(22)11(8-16)9-18-15-17-6-7-23-15/h2-5,9H,6-7H2,1H3,(H,17,18)(H,19,21)(H,20,22)/b11-9-. The number of aliphatic imine (C=N–C) groups is 1. The van der Waals surface area contributed by atoms with Gasteiger partial charge in [-0.2, -0.15) is 5.26 Å². The summed E-state index contributed by atoms with van der Waals surface area (Å²) in [5.41, 5.74) is 1.11. The van der Waals surface area contributed by atoms with Crippen molar-refractivity contribution in [3.8, 4) is 6.07 Å². The molecule has 7 nitrogen and oxygen atoms in total. The maximum atomic E-state index is 12.1. The van der Waals surface area contributed by atoms with Crippen LogP contribution in [0, 0.1) is 11.3 Å². The monoisotopic (exact) mass is 329 g/mol. The van der Waals surface area contributed by atoms with E-state index in [1.54, 1.807) is 24.3 Å². The summed E-state index contributed by atoms with van der Waals surface area (Å²) in [5.74, 6) is 0.205. The molecule has 3 N–H and O–H groups in total. The Hall–Kier alpha value is -2.79. The van der Waals surface area contributed by atoms with Crippen molar-refractivity contribution in [1.29, 1.82) is 5.26 Å². The van der Waals surface area contributed by atoms with Crippen molar-refractivity contribution in [2.45, 2.75) is 6.92 Å². The van der Waals surface area contributed by atoms with Gasteiger partial charge in [0.2, 0.25) is 5.91 Å². The number of amides is 2. The minimum Gasteiger partial charge on any atom is -0.340 e. The van der Waals surface area contributed by atoms with Crippen LogP contribution in [0.15, 0.2) is 41.0 Å². The van der Waals surface area contributed by atoms with Crippen LogP contribution in [-0.4, -0.2) is 29.3 Å². The normalized spacial score (nSPS) is 13.7. The van der Waals surface area contributed by atoms with Crippen molar-refractivity contribution in [2.75, 3.05) is 22.9 Å². The lowest BCUT2D eigenvalue weighted by Gasteiger charge is -2.06. The first kappa shape index (κ1) is 16.6. The fraction of sp³-hybridized carbons (Fsp3) is 0.200. The molecule has 0 bridgehead atoms. The van der Waals surface area contributed by atoms with Crippen LogP contribution in [0.3, 0.4) is 0 Å². The molecule has 0 atom stereocenters. The van der Waals surface area contributed by atoms with Crippen LogP contribution in [0.2, 0.25) is 0 Å². The van der Waals surface area contributed by atoms with E-state index in [2.05, 4.69) is 20.9 Å². The highest BCUT2D eigenvalue weighted by molar-refractivity contribution is 8.14. The van der Waals surface area contributed by atoms with Crippen LogP contribution in [0.1, 0.15) is 6.92 Å². The molecule has 8 heteroatoms. The number of nitrogens with one attached hydrogen (secondary N) is 3. The Balaban J connectivity index is 1.97. The average Bonchev–Trinajstić information content (AvgIpc) is 3.03. The largest absolute Gasteiger partial charge is 0.340 e. The summed E-state index contributed by atoms with van der Waals surface area (Å²) in [6.45, 7) is 2.15. The predicted molar refractivity (Wildman–Crippen MR) is 91.0 cm³/mol. The highest BCUT2D eigenvalue weighted by Crippen LogP contribution is 2.14. The zero-order valence-electron chi connectivity index (χ0n) is 12.4. The number of thioether (sulfide) groups is 1. The Labute approximate surface area is 137 Å². The second-order valence-corrected chi connectivity index (χ2v) is 5.65. The van der Waals surface area contributed by atoms with Crippen molar-refractivity contribution < 1.29 is 9.59 Å². The molecule has 0 fully saturated rings. The van der Waals surface area contributed by atoms with E-state index in [0.29, 0.717) is 16.5 Å². The third-order valence-electron chi connectivity index (χ3n) is 2.75. The number of carbonyl (C=O) groups is 2. The van der Waals surface area contributed by atoms with Crippen LogP contribution in [0.5, 0.6) is 0 Å². The number of nitriles is 1. The maximum Gasteiger partial charge on any atom is 0.267 e. The molecule has 0 saturated carbocycles. The first-order valence-electron chi connectivity index (χ1n) is 6.81. The second kappa shape index (κ2) is 8.00. The molecule has 118 valence electrons. The highest BCUT2D eigenvalue weighted by atomic mass is 32.2. The molecular weight excluding hydrogens is 314 g/mol. The van der Waals surface area contributed by atoms with Gasteiger partial charge in [-0.25, -0.2) is 0 Å². The molecule has 2 rings (SSSR count). The zero-order valence-corrected chi connectivity index (χ0v) is 13.2. The number of rotatable bonds is 4. The molecule has 1 aromatic carbocycles. The molecule has 1 aliphatic heterocycles. The third kappa shape index (κ3) is 5.16. The molecule has 0 aromatic heterocycles. The van der Waals surface area contributed by atoms with Crippen LogP contribution in [0.25, 0.3) is 0 Å². The van der Waals surface area contributed by atoms with Crippen molar-refractivity contribution in [3.05, 3.63) is 36.0 Å². The fourth-order valence-corrected chi connectivity index (χ4v) is 2.44. The van der Waals surface area contributed by atoms with Crippen molar-refractivity contribution in [2.24, 2.45) is 4.99 Å². The van der Waals surface area contributed by atoms with Crippen molar-refractivity contribution >= 4 is 40.1 Å². The summed E-state index contributed by atoms with van der Waals surface area (Å²) >= 11 is 1.54. The van der Waals surface area contributed by atoms with Gasteiger partial charge in [0.05, 0.1) is 6.54 Å². The van der Waals surface area contributed by atoms with Crippen LogP contribution in [-0.2, 0) is 9.59 Å². The highest BCUT2D eigenvalue weighted by Gasteiger charge is 2.11. The molecule has 23 heavy (non-hydrogen) atoms. The van der Waals surface area contributed by atoms with Gasteiger partial charge >= 0.3 is 0 Å². The van der Waals surface area contributed by atoms with E-state index < -0.39 is 5.91 Å². The minimum atomic E-state index is -0.518. The lowest BCUT2D eigenvalue weighted by molar-refractivity contribution is -0.114. The molecule has 0 spiro atoms. The maximum absolute atomic E-state index is 12.1. The van der Waals surface area contributed by atoms with E-state index in [1.807, 2.05) is 6.07 Å². The third-order valence-corrected chi connectivity index (χ3v) is 3.66. The smallest absolute Gasteiger partial charge is 0.267 e.